The first-order valence-corrected chi connectivity index (χ1v) is 5.30. The molecule has 0 fully saturated rings. The van der Waals surface area contributed by atoms with E-state index in [0.29, 0.717) is 6.54 Å². The van der Waals surface area contributed by atoms with E-state index in [1.807, 2.05) is 30.3 Å². The van der Waals surface area contributed by atoms with Crippen molar-refractivity contribution in [3.05, 3.63) is 35.9 Å². The number of carbonyl (C=O) groups is 1. The van der Waals surface area contributed by atoms with Crippen molar-refractivity contribution in [3.63, 3.8) is 0 Å². The number of rotatable bonds is 5. The molecule has 1 amide bonds. The molecule has 0 aliphatic carbocycles. The molecular formula is C12H18N2O2. The Hall–Kier alpha value is -1.39. The van der Waals surface area contributed by atoms with Gasteiger partial charge in [0.2, 0.25) is 5.91 Å². The fraction of sp³-hybridized carbons (Fsp3) is 0.417. The van der Waals surface area contributed by atoms with E-state index in [1.54, 1.807) is 7.05 Å². The third-order valence-corrected chi connectivity index (χ3v) is 2.48. The van der Waals surface area contributed by atoms with Crippen LogP contribution < -0.4 is 5.73 Å². The number of benzene rings is 1. The first-order chi connectivity index (χ1) is 7.65. The molecule has 0 heterocycles. The van der Waals surface area contributed by atoms with Crippen molar-refractivity contribution in [3.8, 4) is 0 Å². The molecule has 1 aromatic rings. The highest BCUT2D eigenvalue weighted by Crippen LogP contribution is 2.13. The van der Waals surface area contributed by atoms with Crippen LogP contribution in [0.15, 0.2) is 30.3 Å². The van der Waals surface area contributed by atoms with Crippen LogP contribution in [0.4, 0.5) is 0 Å². The molecule has 0 saturated carbocycles. The summed E-state index contributed by atoms with van der Waals surface area (Å²) in [5.74, 6) is -0.0506. The summed E-state index contributed by atoms with van der Waals surface area (Å²) in [5.41, 5.74) is 6.87. The van der Waals surface area contributed by atoms with Crippen LogP contribution in [0.3, 0.4) is 0 Å². The molecule has 4 nitrogen and oxygen atoms in total. The number of nitrogens with two attached hydrogens (primary N) is 1. The maximum absolute atomic E-state index is 11.7. The Morgan fingerprint density at radius 2 is 2.06 bits per heavy atom. The van der Waals surface area contributed by atoms with Crippen LogP contribution in [0.25, 0.3) is 0 Å². The number of hydrogen-bond donors (Lipinski definition) is 2. The number of hydrogen-bond acceptors (Lipinski definition) is 3. The van der Waals surface area contributed by atoms with Gasteiger partial charge in [-0.1, -0.05) is 30.3 Å². The first kappa shape index (κ1) is 12.7. The quantitative estimate of drug-likeness (QED) is 0.763. The average molecular weight is 222 g/mol. The van der Waals surface area contributed by atoms with E-state index in [9.17, 15) is 4.79 Å². The molecule has 16 heavy (non-hydrogen) atoms. The van der Waals surface area contributed by atoms with E-state index in [-0.39, 0.29) is 25.0 Å². The molecule has 0 aliphatic rings. The van der Waals surface area contributed by atoms with E-state index in [1.165, 1.54) is 4.90 Å². The molecule has 0 saturated heterocycles. The Kier molecular flexibility index (Phi) is 4.95. The molecule has 1 aromatic carbocycles. The van der Waals surface area contributed by atoms with Gasteiger partial charge in [0, 0.05) is 26.1 Å². The third kappa shape index (κ3) is 3.64. The van der Waals surface area contributed by atoms with Gasteiger partial charge >= 0.3 is 0 Å². The monoisotopic (exact) mass is 222 g/mol. The number of nitrogens with zero attached hydrogens (tertiary/aromatic N) is 1. The van der Waals surface area contributed by atoms with Crippen molar-refractivity contribution in [1.29, 1.82) is 0 Å². The average Bonchev–Trinajstić information content (AvgIpc) is 2.30. The van der Waals surface area contributed by atoms with Crippen LogP contribution in [0.2, 0.25) is 0 Å². The maximum Gasteiger partial charge on any atom is 0.224 e. The minimum absolute atomic E-state index is 0.0250. The maximum atomic E-state index is 11.7. The van der Waals surface area contributed by atoms with Gasteiger partial charge in [0.1, 0.15) is 0 Å². The van der Waals surface area contributed by atoms with Crippen molar-refractivity contribution in [1.82, 2.24) is 4.90 Å². The number of aliphatic hydroxyl groups excluding tert-OH is 1. The molecule has 0 aliphatic heterocycles. The molecule has 0 aromatic heterocycles. The summed E-state index contributed by atoms with van der Waals surface area (Å²) in [6, 6.07) is 9.24. The highest BCUT2D eigenvalue weighted by molar-refractivity contribution is 5.76. The van der Waals surface area contributed by atoms with Gasteiger partial charge in [-0.25, -0.2) is 0 Å². The Labute approximate surface area is 95.7 Å². The minimum Gasteiger partial charge on any atom is -0.395 e. The van der Waals surface area contributed by atoms with E-state index in [0.717, 1.165) is 5.56 Å². The second kappa shape index (κ2) is 6.25. The second-order valence-electron chi connectivity index (χ2n) is 3.76. The van der Waals surface area contributed by atoms with E-state index in [2.05, 4.69) is 0 Å². The Bertz CT molecular complexity index is 327. The molecule has 0 radical (unpaired) electrons. The van der Waals surface area contributed by atoms with E-state index in [4.69, 9.17) is 10.8 Å². The standard InChI is InChI=1S/C12H18N2O2/c1-14(7-8-15)12(16)9-11(13)10-5-3-2-4-6-10/h2-6,11,15H,7-9,13H2,1H3. The van der Waals surface area contributed by atoms with Gasteiger partial charge in [-0.15, -0.1) is 0 Å². The lowest BCUT2D eigenvalue weighted by atomic mass is 10.0. The minimum atomic E-state index is -0.283. The molecule has 1 unspecified atom stereocenters. The topological polar surface area (TPSA) is 66.6 Å². The zero-order valence-corrected chi connectivity index (χ0v) is 9.47. The van der Waals surface area contributed by atoms with E-state index >= 15 is 0 Å². The summed E-state index contributed by atoms with van der Waals surface area (Å²) >= 11 is 0. The number of amides is 1. The SMILES string of the molecule is CN(CCO)C(=O)CC(N)c1ccccc1. The Morgan fingerprint density at radius 3 is 2.62 bits per heavy atom. The lowest BCUT2D eigenvalue weighted by Gasteiger charge is -2.18. The molecule has 4 heteroatoms. The molecule has 88 valence electrons. The van der Waals surface area contributed by atoms with Crippen LogP contribution >= 0.6 is 0 Å². The fourth-order valence-electron chi connectivity index (χ4n) is 1.44. The van der Waals surface area contributed by atoms with Crippen molar-refractivity contribution in [2.45, 2.75) is 12.5 Å². The lowest BCUT2D eigenvalue weighted by molar-refractivity contribution is -0.130. The van der Waals surface area contributed by atoms with Crippen LogP contribution in [0, 0.1) is 0 Å². The first-order valence-electron chi connectivity index (χ1n) is 5.30. The van der Waals surface area contributed by atoms with Crippen LogP contribution in [-0.2, 0) is 4.79 Å². The van der Waals surface area contributed by atoms with Crippen molar-refractivity contribution in [2.75, 3.05) is 20.2 Å². The van der Waals surface area contributed by atoms with Crippen molar-refractivity contribution < 1.29 is 9.90 Å². The highest BCUT2D eigenvalue weighted by Gasteiger charge is 2.14. The lowest BCUT2D eigenvalue weighted by Crippen LogP contribution is -2.32. The molecule has 0 spiro atoms. The summed E-state index contributed by atoms with van der Waals surface area (Å²) in [5, 5.41) is 8.71. The number of likely N-dealkylation sites (N-methyl/N-ethyl adjacent to an activating group) is 1. The zero-order valence-electron chi connectivity index (χ0n) is 9.47. The van der Waals surface area contributed by atoms with Gasteiger partial charge in [0.25, 0.3) is 0 Å². The molecule has 3 N–H and O–H groups in total. The van der Waals surface area contributed by atoms with Gasteiger partial charge < -0.3 is 15.7 Å². The zero-order chi connectivity index (χ0) is 12.0. The summed E-state index contributed by atoms with van der Waals surface area (Å²) in [4.78, 5) is 13.1. The summed E-state index contributed by atoms with van der Waals surface area (Å²) in [6.45, 7) is 0.323. The van der Waals surface area contributed by atoms with Gasteiger partial charge in [-0.05, 0) is 5.56 Å². The predicted molar refractivity (Wildman–Crippen MR) is 62.7 cm³/mol. The van der Waals surface area contributed by atoms with Gasteiger partial charge in [-0.3, -0.25) is 4.79 Å². The largest absolute Gasteiger partial charge is 0.395 e. The van der Waals surface area contributed by atoms with Crippen LogP contribution in [-0.4, -0.2) is 36.1 Å². The summed E-state index contributed by atoms with van der Waals surface area (Å²) in [7, 11) is 1.66. The molecule has 0 bridgehead atoms. The van der Waals surface area contributed by atoms with Crippen LogP contribution in [0.5, 0.6) is 0 Å². The van der Waals surface area contributed by atoms with Gasteiger partial charge in [0.05, 0.1) is 6.61 Å². The normalized spacial score (nSPS) is 12.2. The summed E-state index contributed by atoms with van der Waals surface area (Å²) in [6.07, 6.45) is 0.264. The third-order valence-electron chi connectivity index (χ3n) is 2.48. The summed E-state index contributed by atoms with van der Waals surface area (Å²) < 4.78 is 0. The Morgan fingerprint density at radius 1 is 1.44 bits per heavy atom. The molecule has 1 atom stereocenters. The van der Waals surface area contributed by atoms with Gasteiger partial charge in [0.15, 0.2) is 0 Å². The van der Waals surface area contributed by atoms with Crippen molar-refractivity contribution >= 4 is 5.91 Å². The van der Waals surface area contributed by atoms with Crippen molar-refractivity contribution in [2.24, 2.45) is 5.73 Å². The molecule has 1 rings (SSSR count). The smallest absolute Gasteiger partial charge is 0.224 e. The fourth-order valence-corrected chi connectivity index (χ4v) is 1.44. The molecular weight excluding hydrogens is 204 g/mol. The number of aliphatic hydroxyl groups is 1. The highest BCUT2D eigenvalue weighted by atomic mass is 16.3. The number of carbonyl (C=O) groups excluding carboxylic acids is 1. The predicted octanol–water partition coefficient (Wildman–Crippen LogP) is 0.527. The van der Waals surface area contributed by atoms with E-state index < -0.39 is 0 Å². The Balaban J connectivity index is 2.51. The van der Waals surface area contributed by atoms with Gasteiger partial charge in [-0.2, -0.15) is 0 Å². The second-order valence-corrected chi connectivity index (χ2v) is 3.76. The van der Waals surface area contributed by atoms with Crippen LogP contribution in [0.1, 0.15) is 18.0 Å².